The Labute approximate surface area is 210 Å². The van der Waals surface area contributed by atoms with E-state index in [1.165, 1.54) is 5.69 Å². The van der Waals surface area contributed by atoms with Crippen LogP contribution in [-0.4, -0.2) is 27.7 Å². The van der Waals surface area contributed by atoms with E-state index in [1.807, 2.05) is 6.92 Å². The highest BCUT2D eigenvalue weighted by Crippen LogP contribution is 2.33. The van der Waals surface area contributed by atoms with E-state index in [0.29, 0.717) is 5.65 Å². The van der Waals surface area contributed by atoms with Crippen LogP contribution in [0.5, 0.6) is 0 Å². The molecule has 0 spiro atoms. The van der Waals surface area contributed by atoms with Gasteiger partial charge in [0.1, 0.15) is 5.69 Å². The first kappa shape index (κ1) is 26.6. The van der Waals surface area contributed by atoms with Gasteiger partial charge in [-0.1, -0.05) is 33.3 Å². The van der Waals surface area contributed by atoms with Crippen molar-refractivity contribution in [2.45, 2.75) is 87.0 Å². The summed E-state index contributed by atoms with van der Waals surface area (Å²) in [6.45, 7) is 19.0. The van der Waals surface area contributed by atoms with Gasteiger partial charge < -0.3 is 10.2 Å². The molecule has 1 unspecified atom stereocenters. The summed E-state index contributed by atoms with van der Waals surface area (Å²) in [5.74, 6) is 0.226. The maximum atomic E-state index is 13.7. The summed E-state index contributed by atoms with van der Waals surface area (Å²) in [5, 5.41) is 7.02. The largest absolute Gasteiger partial charge is 0.372 e. The second kappa shape index (κ2) is 11.6. The maximum Gasteiger partial charge on any atom is 0.276 e. The molecule has 0 fully saturated rings. The molecule has 0 bridgehead atoms. The van der Waals surface area contributed by atoms with Crippen LogP contribution < -0.4 is 15.8 Å². The number of rotatable bonds is 11. The van der Waals surface area contributed by atoms with Crippen LogP contribution in [0.15, 0.2) is 29.1 Å². The Morgan fingerprint density at radius 2 is 1.94 bits per heavy atom. The van der Waals surface area contributed by atoms with Crippen molar-refractivity contribution in [3.63, 3.8) is 0 Å². The van der Waals surface area contributed by atoms with Crippen LogP contribution in [0, 0.1) is 6.92 Å². The first-order chi connectivity index (χ1) is 16.8. The lowest BCUT2D eigenvalue weighted by molar-refractivity contribution is 0.670. The van der Waals surface area contributed by atoms with Crippen molar-refractivity contribution in [2.24, 2.45) is 0 Å². The van der Waals surface area contributed by atoms with E-state index < -0.39 is 0 Å². The summed E-state index contributed by atoms with van der Waals surface area (Å²) in [6, 6.07) is 6.51. The minimum Gasteiger partial charge on any atom is -0.372 e. The van der Waals surface area contributed by atoms with Crippen molar-refractivity contribution in [3.8, 4) is 0 Å². The van der Waals surface area contributed by atoms with Crippen LogP contribution in [-0.2, 0) is 6.42 Å². The summed E-state index contributed by atoms with van der Waals surface area (Å²) >= 11 is 0. The highest BCUT2D eigenvalue weighted by Gasteiger charge is 2.23. The van der Waals surface area contributed by atoms with Crippen LogP contribution >= 0.6 is 0 Å². The molecular formula is C29H43N5O. The average Bonchev–Trinajstić information content (AvgIpc) is 3.23. The topological polar surface area (TPSA) is 65.4 Å². The summed E-state index contributed by atoms with van der Waals surface area (Å²) < 4.78 is 1.64. The number of anilines is 3. The average molecular weight is 478 g/mol. The molecule has 35 heavy (non-hydrogen) atoms. The lowest BCUT2D eigenvalue weighted by Crippen LogP contribution is -2.24. The lowest BCUT2D eigenvalue weighted by Gasteiger charge is -2.22. The quantitative estimate of drug-likeness (QED) is 0.306. The van der Waals surface area contributed by atoms with Crippen LogP contribution in [0.4, 0.5) is 17.1 Å². The zero-order valence-corrected chi connectivity index (χ0v) is 22.9. The molecule has 0 saturated heterocycles. The number of aromatic amines is 1. The molecule has 0 saturated carbocycles. The van der Waals surface area contributed by atoms with Gasteiger partial charge in [0.15, 0.2) is 5.65 Å². The Morgan fingerprint density at radius 3 is 2.51 bits per heavy atom. The molecule has 6 heteroatoms. The highest BCUT2D eigenvalue weighted by atomic mass is 16.1. The fourth-order valence-electron chi connectivity index (χ4n) is 4.57. The Balaban J connectivity index is 2.22. The Hall–Kier alpha value is -3.02. The van der Waals surface area contributed by atoms with Crippen molar-refractivity contribution in [2.75, 3.05) is 23.3 Å². The normalized spacial score (nSPS) is 12.9. The van der Waals surface area contributed by atoms with Gasteiger partial charge in [0.25, 0.3) is 5.56 Å². The zero-order chi connectivity index (χ0) is 25.7. The van der Waals surface area contributed by atoms with Gasteiger partial charge in [-0.15, -0.1) is 0 Å². The molecule has 2 N–H and O–H groups in total. The van der Waals surface area contributed by atoms with E-state index in [2.05, 4.69) is 88.1 Å². The molecule has 190 valence electrons. The first-order valence-corrected chi connectivity index (χ1v) is 13.2. The van der Waals surface area contributed by atoms with E-state index in [1.54, 1.807) is 4.52 Å². The van der Waals surface area contributed by atoms with Crippen molar-refractivity contribution >= 4 is 28.3 Å². The number of hydrogen-bond donors (Lipinski definition) is 2. The van der Waals surface area contributed by atoms with Gasteiger partial charge in [-0.25, -0.2) is 4.98 Å². The Kier molecular flexibility index (Phi) is 8.82. The standard InChI is InChI=1S/C29H43N5O/c1-9-14-15-23-25(19(6)10-2)31-28-27(26(20(7)11-3)32-34(28)29(23)35)30-24-17-16-22(18-21(24)8)33(12-4)13-5/h11,16-19,30,32H,9-10,12-15H2,1-8H3. The second-order valence-corrected chi connectivity index (χ2v) is 9.48. The molecule has 1 aromatic carbocycles. The van der Waals surface area contributed by atoms with Gasteiger partial charge in [0.05, 0.1) is 11.4 Å². The number of aryl methyl sites for hydroxylation is 1. The molecule has 3 aromatic rings. The number of nitrogens with zero attached hydrogens (tertiary/aromatic N) is 3. The van der Waals surface area contributed by atoms with E-state index in [0.717, 1.165) is 78.2 Å². The predicted octanol–water partition coefficient (Wildman–Crippen LogP) is 7.20. The number of aromatic nitrogens is 3. The predicted molar refractivity (Wildman–Crippen MR) is 150 cm³/mol. The highest BCUT2D eigenvalue weighted by molar-refractivity contribution is 5.86. The minimum atomic E-state index is 0.0190. The number of nitrogens with one attached hydrogen (secondary N) is 2. The summed E-state index contributed by atoms with van der Waals surface area (Å²) in [6.07, 6.45) is 5.80. The number of fused-ring (bicyclic) bond motifs is 1. The molecule has 0 aliphatic rings. The van der Waals surface area contributed by atoms with Gasteiger partial charge in [0.2, 0.25) is 0 Å². The third-order valence-corrected chi connectivity index (χ3v) is 7.19. The Bertz CT molecular complexity index is 1250. The summed E-state index contributed by atoms with van der Waals surface area (Å²) in [7, 11) is 0. The van der Waals surface area contributed by atoms with Gasteiger partial charge in [0, 0.05) is 30.0 Å². The van der Waals surface area contributed by atoms with Crippen molar-refractivity contribution in [1.82, 2.24) is 14.6 Å². The van der Waals surface area contributed by atoms with Crippen LogP contribution in [0.1, 0.15) is 96.2 Å². The number of allylic oxidation sites excluding steroid dienone is 2. The maximum absolute atomic E-state index is 13.7. The Morgan fingerprint density at radius 1 is 1.23 bits per heavy atom. The zero-order valence-electron chi connectivity index (χ0n) is 22.9. The second-order valence-electron chi connectivity index (χ2n) is 9.48. The van der Waals surface area contributed by atoms with Crippen LogP contribution in [0.25, 0.3) is 11.2 Å². The van der Waals surface area contributed by atoms with Gasteiger partial charge in [-0.3, -0.25) is 9.89 Å². The van der Waals surface area contributed by atoms with E-state index in [4.69, 9.17) is 4.98 Å². The third kappa shape index (κ3) is 5.31. The molecule has 1 atom stereocenters. The van der Waals surface area contributed by atoms with Crippen LogP contribution in [0.3, 0.4) is 0 Å². The number of unbranched alkanes of at least 4 members (excludes halogenated alkanes) is 1. The molecule has 0 aliphatic heterocycles. The molecule has 3 rings (SSSR count). The van der Waals surface area contributed by atoms with Crippen LogP contribution in [0.2, 0.25) is 0 Å². The number of H-pyrrole nitrogens is 1. The lowest BCUT2D eigenvalue weighted by atomic mass is 9.97. The fraction of sp³-hybridized carbons (Fsp3) is 0.517. The van der Waals surface area contributed by atoms with Crippen molar-refractivity contribution in [3.05, 3.63) is 57.1 Å². The SMILES string of the molecule is CC=C(C)c1[nH]n2c(=O)c(CCCC)c(C(C)CC)nc2c1Nc1ccc(N(CC)CC)cc1C. The number of hydrogen-bond acceptors (Lipinski definition) is 4. The molecule has 2 heterocycles. The molecule has 2 aromatic heterocycles. The summed E-state index contributed by atoms with van der Waals surface area (Å²) in [4.78, 5) is 21.2. The third-order valence-electron chi connectivity index (χ3n) is 7.19. The first-order valence-electron chi connectivity index (χ1n) is 13.2. The molecule has 0 radical (unpaired) electrons. The molecule has 0 aliphatic carbocycles. The van der Waals surface area contributed by atoms with E-state index in [9.17, 15) is 4.79 Å². The minimum absolute atomic E-state index is 0.0190. The molecule has 6 nitrogen and oxygen atoms in total. The molecular weight excluding hydrogens is 434 g/mol. The fourth-order valence-corrected chi connectivity index (χ4v) is 4.57. The molecule has 0 amide bonds. The van der Waals surface area contributed by atoms with Gasteiger partial charge in [-0.2, -0.15) is 4.52 Å². The van der Waals surface area contributed by atoms with Crippen molar-refractivity contribution < 1.29 is 0 Å². The smallest absolute Gasteiger partial charge is 0.276 e. The van der Waals surface area contributed by atoms with Gasteiger partial charge >= 0.3 is 0 Å². The van der Waals surface area contributed by atoms with Crippen molar-refractivity contribution in [1.29, 1.82) is 0 Å². The summed E-state index contributed by atoms with van der Waals surface area (Å²) in [5.41, 5.74) is 8.66. The van der Waals surface area contributed by atoms with Gasteiger partial charge in [-0.05, 0) is 89.1 Å². The monoisotopic (exact) mass is 477 g/mol. The van der Waals surface area contributed by atoms with E-state index in [-0.39, 0.29) is 11.5 Å². The number of benzene rings is 1. The van der Waals surface area contributed by atoms with E-state index >= 15 is 0 Å².